The first-order chi connectivity index (χ1) is 6.31. The van der Waals surface area contributed by atoms with E-state index >= 15 is 0 Å². The maximum absolute atomic E-state index is 10.9. The summed E-state index contributed by atoms with van der Waals surface area (Å²) < 4.78 is 4.35. The van der Waals surface area contributed by atoms with Crippen molar-refractivity contribution >= 4 is 12.4 Å². The fourth-order valence-corrected chi connectivity index (χ4v) is 0.753. The van der Waals surface area contributed by atoms with Crippen LogP contribution < -0.4 is 5.32 Å². The summed E-state index contributed by atoms with van der Waals surface area (Å²) >= 11 is 0. The first-order valence-corrected chi connectivity index (χ1v) is 4.24. The summed E-state index contributed by atoms with van der Waals surface area (Å²) in [5.74, 6) is -0.139. The predicted octanol–water partition coefficient (Wildman–Crippen LogP) is -0.562. The zero-order valence-corrected chi connectivity index (χ0v) is 7.49. The van der Waals surface area contributed by atoms with Crippen LogP contribution in [0.5, 0.6) is 0 Å². The van der Waals surface area contributed by atoms with E-state index in [4.69, 9.17) is 5.11 Å². The van der Waals surface area contributed by atoms with E-state index in [1.165, 1.54) is 0 Å². The Hall–Kier alpha value is -1.10. The molecule has 0 unspecified atom stereocenters. The average molecular weight is 189 g/mol. The van der Waals surface area contributed by atoms with Gasteiger partial charge in [0.05, 0.1) is 13.0 Å². The maximum atomic E-state index is 10.9. The molecule has 76 valence electrons. The number of rotatable bonds is 8. The van der Waals surface area contributed by atoms with Gasteiger partial charge in [-0.15, -0.1) is 0 Å². The highest BCUT2D eigenvalue weighted by atomic mass is 16.5. The lowest BCUT2D eigenvalue weighted by atomic mass is 10.3. The lowest BCUT2D eigenvalue weighted by molar-refractivity contribution is -0.130. The molecule has 0 saturated heterocycles. The normalized spacial score (nSPS) is 9.31. The Bertz CT molecular complexity index is 149. The summed E-state index contributed by atoms with van der Waals surface area (Å²) in [5.41, 5.74) is 0. The fraction of sp³-hybridized carbons (Fsp3) is 0.750. The van der Waals surface area contributed by atoms with Gasteiger partial charge in [0.2, 0.25) is 5.91 Å². The maximum Gasteiger partial charge on any atom is 0.293 e. The molecule has 0 aliphatic heterocycles. The van der Waals surface area contributed by atoms with E-state index in [0.29, 0.717) is 19.4 Å². The van der Waals surface area contributed by atoms with Gasteiger partial charge in [0.25, 0.3) is 6.47 Å². The van der Waals surface area contributed by atoms with E-state index in [9.17, 15) is 9.59 Å². The second-order valence-corrected chi connectivity index (χ2v) is 2.50. The molecule has 0 aromatic rings. The van der Waals surface area contributed by atoms with E-state index < -0.39 is 0 Å². The number of aliphatic hydroxyl groups excluding tert-OH is 1. The van der Waals surface area contributed by atoms with Crippen molar-refractivity contribution in [3.8, 4) is 0 Å². The smallest absolute Gasteiger partial charge is 0.293 e. The molecule has 0 saturated carbocycles. The minimum Gasteiger partial charge on any atom is -0.467 e. The molecule has 2 N–H and O–H groups in total. The SMILES string of the molecule is O=COCCC(=O)NCCCCO. The highest BCUT2D eigenvalue weighted by molar-refractivity contribution is 5.75. The molecule has 5 nitrogen and oxygen atoms in total. The van der Waals surface area contributed by atoms with Crippen LogP contribution >= 0.6 is 0 Å². The highest BCUT2D eigenvalue weighted by Crippen LogP contribution is 1.85. The standard InChI is InChI=1S/C8H15NO4/c10-5-2-1-4-9-8(12)3-6-13-7-11/h7,10H,1-6H2,(H,9,12). The van der Waals surface area contributed by atoms with Gasteiger partial charge in [0, 0.05) is 13.2 Å². The van der Waals surface area contributed by atoms with Crippen molar-refractivity contribution in [2.75, 3.05) is 19.8 Å². The largest absolute Gasteiger partial charge is 0.467 e. The number of carbonyl (C=O) groups excluding carboxylic acids is 2. The van der Waals surface area contributed by atoms with Crippen molar-refractivity contribution < 1.29 is 19.4 Å². The Morgan fingerprint density at radius 2 is 2.23 bits per heavy atom. The van der Waals surface area contributed by atoms with Crippen LogP contribution in [-0.4, -0.2) is 37.2 Å². The first kappa shape index (κ1) is 11.9. The molecular weight excluding hydrogens is 174 g/mol. The lowest BCUT2D eigenvalue weighted by Gasteiger charge is -2.03. The van der Waals surface area contributed by atoms with E-state index in [0.717, 1.165) is 6.42 Å². The van der Waals surface area contributed by atoms with Gasteiger partial charge in [-0.3, -0.25) is 9.59 Å². The molecular formula is C8H15NO4. The van der Waals surface area contributed by atoms with Crippen LogP contribution in [0.2, 0.25) is 0 Å². The minimum atomic E-state index is -0.139. The van der Waals surface area contributed by atoms with Crippen LogP contribution in [-0.2, 0) is 14.3 Å². The van der Waals surface area contributed by atoms with Gasteiger partial charge in [-0.2, -0.15) is 0 Å². The lowest BCUT2D eigenvalue weighted by Crippen LogP contribution is -2.25. The molecule has 0 fully saturated rings. The second-order valence-electron chi connectivity index (χ2n) is 2.50. The van der Waals surface area contributed by atoms with Crippen LogP contribution in [0.3, 0.4) is 0 Å². The van der Waals surface area contributed by atoms with Crippen LogP contribution in [0.1, 0.15) is 19.3 Å². The molecule has 0 heterocycles. The molecule has 0 bridgehead atoms. The number of carbonyl (C=O) groups is 2. The Labute approximate surface area is 77.1 Å². The number of amides is 1. The third kappa shape index (κ3) is 8.81. The fourth-order valence-electron chi connectivity index (χ4n) is 0.753. The quantitative estimate of drug-likeness (QED) is 0.396. The number of aliphatic hydroxyl groups is 1. The summed E-state index contributed by atoms with van der Waals surface area (Å²) in [4.78, 5) is 20.6. The molecule has 1 amide bonds. The van der Waals surface area contributed by atoms with Crippen molar-refractivity contribution in [2.45, 2.75) is 19.3 Å². The predicted molar refractivity (Wildman–Crippen MR) is 46.0 cm³/mol. The molecule has 0 radical (unpaired) electrons. The van der Waals surface area contributed by atoms with Crippen molar-refractivity contribution in [3.63, 3.8) is 0 Å². The zero-order chi connectivity index (χ0) is 9.94. The molecule has 0 aromatic carbocycles. The summed E-state index contributed by atoms with van der Waals surface area (Å²) in [5, 5.41) is 11.1. The number of hydrogen-bond donors (Lipinski definition) is 2. The van der Waals surface area contributed by atoms with Gasteiger partial charge >= 0.3 is 0 Å². The van der Waals surface area contributed by atoms with E-state index in [1.807, 2.05) is 0 Å². The monoisotopic (exact) mass is 189 g/mol. The van der Waals surface area contributed by atoms with Crippen LogP contribution in [0.4, 0.5) is 0 Å². The van der Waals surface area contributed by atoms with Gasteiger partial charge in [-0.1, -0.05) is 0 Å². The van der Waals surface area contributed by atoms with E-state index in [-0.39, 0.29) is 25.5 Å². The molecule has 0 spiro atoms. The van der Waals surface area contributed by atoms with Crippen LogP contribution in [0, 0.1) is 0 Å². The van der Waals surface area contributed by atoms with E-state index in [2.05, 4.69) is 10.1 Å². The highest BCUT2D eigenvalue weighted by Gasteiger charge is 1.99. The van der Waals surface area contributed by atoms with Crippen molar-refractivity contribution in [3.05, 3.63) is 0 Å². The Morgan fingerprint density at radius 1 is 1.46 bits per heavy atom. The zero-order valence-electron chi connectivity index (χ0n) is 7.49. The first-order valence-electron chi connectivity index (χ1n) is 4.24. The van der Waals surface area contributed by atoms with Crippen molar-refractivity contribution in [2.24, 2.45) is 0 Å². The number of hydrogen-bond acceptors (Lipinski definition) is 4. The number of nitrogens with one attached hydrogen (secondary N) is 1. The third-order valence-corrected chi connectivity index (χ3v) is 1.42. The van der Waals surface area contributed by atoms with Crippen LogP contribution in [0.15, 0.2) is 0 Å². The number of ether oxygens (including phenoxy) is 1. The Balaban J connectivity index is 3.15. The summed E-state index contributed by atoms with van der Waals surface area (Å²) in [7, 11) is 0. The number of unbranched alkanes of at least 4 members (excludes halogenated alkanes) is 1. The molecule has 0 rings (SSSR count). The Kier molecular flexibility index (Phi) is 8.23. The summed E-state index contributed by atoms with van der Waals surface area (Å²) in [6, 6.07) is 0. The molecule has 0 aliphatic rings. The molecule has 0 aliphatic carbocycles. The Morgan fingerprint density at radius 3 is 2.85 bits per heavy atom. The molecule has 13 heavy (non-hydrogen) atoms. The van der Waals surface area contributed by atoms with Gasteiger partial charge in [0.15, 0.2) is 0 Å². The summed E-state index contributed by atoms with van der Waals surface area (Å²) in [6.07, 6.45) is 1.64. The summed E-state index contributed by atoms with van der Waals surface area (Å²) in [6.45, 7) is 1.14. The average Bonchev–Trinajstić information content (AvgIpc) is 2.13. The van der Waals surface area contributed by atoms with Gasteiger partial charge < -0.3 is 15.2 Å². The van der Waals surface area contributed by atoms with Crippen molar-refractivity contribution in [1.82, 2.24) is 5.32 Å². The van der Waals surface area contributed by atoms with Crippen molar-refractivity contribution in [1.29, 1.82) is 0 Å². The molecule has 5 heteroatoms. The topological polar surface area (TPSA) is 75.6 Å². The van der Waals surface area contributed by atoms with E-state index in [1.54, 1.807) is 0 Å². The minimum absolute atomic E-state index is 0.120. The van der Waals surface area contributed by atoms with Gasteiger partial charge in [0.1, 0.15) is 0 Å². The van der Waals surface area contributed by atoms with Gasteiger partial charge in [-0.05, 0) is 12.8 Å². The van der Waals surface area contributed by atoms with Crippen LogP contribution in [0.25, 0.3) is 0 Å². The van der Waals surface area contributed by atoms with Gasteiger partial charge in [-0.25, -0.2) is 0 Å². The molecule has 0 aromatic heterocycles. The third-order valence-electron chi connectivity index (χ3n) is 1.42. The molecule has 0 atom stereocenters. The second kappa shape index (κ2) is 8.99.